The second-order valence-electron chi connectivity index (χ2n) is 3.55. The van der Waals surface area contributed by atoms with Crippen molar-refractivity contribution < 1.29 is 10.2 Å². The number of aromatic nitrogens is 2. The highest BCUT2D eigenvalue weighted by molar-refractivity contribution is 9.10. The number of halogens is 2. The molecule has 0 unspecified atom stereocenters. The Balaban J connectivity index is 0.000000399. The normalized spacial score (nSPS) is 10.1. The number of alkyl halides is 1. The molecule has 0 saturated carbocycles. The Morgan fingerprint density at radius 1 is 1.26 bits per heavy atom. The lowest BCUT2D eigenvalue weighted by molar-refractivity contribution is 0.299. The summed E-state index contributed by atoms with van der Waals surface area (Å²) in [5.74, 6) is 0. The van der Waals surface area contributed by atoms with Crippen LogP contribution in [0.1, 0.15) is 5.56 Å². The number of nitrogens with zero attached hydrogens (tertiary/aromatic N) is 2. The molecule has 0 aliphatic heterocycles. The Labute approximate surface area is 127 Å². The van der Waals surface area contributed by atoms with Gasteiger partial charge in [-0.25, -0.2) is 4.98 Å². The molecule has 0 amide bonds. The minimum atomic E-state index is -0.129. The van der Waals surface area contributed by atoms with Crippen LogP contribution in [0.25, 0.3) is 5.65 Å². The van der Waals surface area contributed by atoms with Crippen molar-refractivity contribution in [3.63, 3.8) is 0 Å². The van der Waals surface area contributed by atoms with E-state index in [1.54, 1.807) is 12.3 Å². The average molecular weight is 394 g/mol. The van der Waals surface area contributed by atoms with E-state index in [0.29, 0.717) is 23.0 Å². The zero-order valence-corrected chi connectivity index (χ0v) is 13.3. The molecule has 19 heavy (non-hydrogen) atoms. The van der Waals surface area contributed by atoms with E-state index in [1.807, 2.05) is 6.07 Å². The molecule has 0 aliphatic rings. The van der Waals surface area contributed by atoms with Crippen molar-refractivity contribution in [3.05, 3.63) is 44.9 Å². The molecule has 0 atom stereocenters. The first kappa shape index (κ1) is 16.3. The third-order valence-corrected chi connectivity index (χ3v) is 3.03. The molecule has 0 aliphatic carbocycles. The van der Waals surface area contributed by atoms with Crippen LogP contribution in [-0.4, -0.2) is 38.1 Å². The molecular formula is C12H14Br2N2O3. The summed E-state index contributed by atoms with van der Waals surface area (Å²) >= 11 is 6.29. The first-order valence-electron chi connectivity index (χ1n) is 5.57. The second kappa shape index (κ2) is 8.42. The van der Waals surface area contributed by atoms with Crippen molar-refractivity contribution in [1.29, 1.82) is 0 Å². The van der Waals surface area contributed by atoms with Gasteiger partial charge in [-0.1, -0.05) is 15.9 Å². The van der Waals surface area contributed by atoms with Gasteiger partial charge >= 0.3 is 0 Å². The van der Waals surface area contributed by atoms with Gasteiger partial charge in [0.05, 0.1) is 6.61 Å². The van der Waals surface area contributed by atoms with Crippen LogP contribution < -0.4 is 5.56 Å². The van der Waals surface area contributed by atoms with Gasteiger partial charge < -0.3 is 10.2 Å². The number of pyridine rings is 1. The lowest BCUT2D eigenvalue weighted by atomic mass is 10.2. The van der Waals surface area contributed by atoms with Gasteiger partial charge in [-0.2, -0.15) is 0 Å². The van der Waals surface area contributed by atoms with Gasteiger partial charge in [0.25, 0.3) is 5.56 Å². The molecule has 104 valence electrons. The topological polar surface area (TPSA) is 74.8 Å². The third-order valence-electron chi connectivity index (χ3n) is 2.20. The maximum atomic E-state index is 11.9. The van der Waals surface area contributed by atoms with E-state index in [9.17, 15) is 4.79 Å². The van der Waals surface area contributed by atoms with E-state index in [1.165, 1.54) is 10.6 Å². The molecule has 2 aromatic rings. The number of rotatable bonds is 3. The summed E-state index contributed by atoms with van der Waals surface area (Å²) in [4.78, 5) is 16.0. The summed E-state index contributed by atoms with van der Waals surface area (Å²) in [5, 5.41) is 17.3. The van der Waals surface area contributed by atoms with Crippen LogP contribution in [0, 0.1) is 0 Å². The van der Waals surface area contributed by atoms with Crippen LogP contribution in [-0.2, 0) is 6.42 Å². The van der Waals surface area contributed by atoms with Gasteiger partial charge in [0, 0.05) is 40.8 Å². The van der Waals surface area contributed by atoms with Crippen molar-refractivity contribution in [2.75, 3.05) is 18.5 Å². The first-order valence-corrected chi connectivity index (χ1v) is 7.49. The number of aliphatic hydroxyl groups is 2. The fraction of sp³-hybridized carbons (Fsp3) is 0.333. The summed E-state index contributed by atoms with van der Waals surface area (Å²) in [6.07, 6.45) is 3.52. The van der Waals surface area contributed by atoms with Gasteiger partial charge in [0.2, 0.25) is 0 Å². The molecule has 2 aromatic heterocycles. The molecule has 0 bridgehead atoms. The minimum absolute atomic E-state index is 0.0447. The number of aliphatic hydroxyl groups excluding tert-OH is 2. The SMILES string of the molecule is O=c1c(CCO)cnc2ccc(Br)cn12.OCCBr. The summed E-state index contributed by atoms with van der Waals surface area (Å²) in [6, 6.07) is 3.59. The number of fused-ring (bicyclic) bond motifs is 1. The summed E-state index contributed by atoms with van der Waals surface area (Å²) < 4.78 is 2.29. The van der Waals surface area contributed by atoms with Crippen LogP contribution in [0.4, 0.5) is 0 Å². The van der Waals surface area contributed by atoms with E-state index < -0.39 is 0 Å². The fourth-order valence-electron chi connectivity index (χ4n) is 1.38. The molecule has 0 aromatic carbocycles. The monoisotopic (exact) mass is 392 g/mol. The van der Waals surface area contributed by atoms with E-state index in [-0.39, 0.29) is 18.8 Å². The quantitative estimate of drug-likeness (QED) is 0.772. The standard InChI is InChI=1S/C10H9BrN2O2.C2H5BrO/c11-8-1-2-9-12-5-7(3-4-14)10(15)13(9)6-8;3-1-2-4/h1-2,5-6,14H,3-4H2;4H,1-2H2. The molecule has 0 radical (unpaired) electrons. The van der Waals surface area contributed by atoms with Crippen molar-refractivity contribution in [2.45, 2.75) is 6.42 Å². The zero-order valence-electron chi connectivity index (χ0n) is 10.1. The molecule has 0 fully saturated rings. The maximum absolute atomic E-state index is 11.9. The second-order valence-corrected chi connectivity index (χ2v) is 5.26. The van der Waals surface area contributed by atoms with Crippen LogP contribution in [0.3, 0.4) is 0 Å². The van der Waals surface area contributed by atoms with E-state index in [4.69, 9.17) is 10.2 Å². The van der Waals surface area contributed by atoms with Gasteiger partial charge in [-0.15, -0.1) is 0 Å². The van der Waals surface area contributed by atoms with Gasteiger partial charge in [-0.3, -0.25) is 9.20 Å². The van der Waals surface area contributed by atoms with E-state index in [2.05, 4.69) is 36.8 Å². The summed E-state index contributed by atoms with van der Waals surface area (Å²) in [5.41, 5.74) is 0.994. The van der Waals surface area contributed by atoms with Crippen molar-refractivity contribution in [1.82, 2.24) is 9.38 Å². The molecule has 2 rings (SSSR count). The van der Waals surface area contributed by atoms with Crippen LogP contribution in [0.2, 0.25) is 0 Å². The van der Waals surface area contributed by atoms with Crippen LogP contribution in [0.15, 0.2) is 33.8 Å². The lowest BCUT2D eigenvalue weighted by Crippen LogP contribution is -2.20. The Hall–Kier alpha value is -0.760. The fourth-order valence-corrected chi connectivity index (χ4v) is 1.72. The van der Waals surface area contributed by atoms with Gasteiger partial charge in [-0.05, 0) is 28.1 Å². The molecule has 0 saturated heterocycles. The van der Waals surface area contributed by atoms with Crippen molar-refractivity contribution >= 4 is 37.5 Å². The molecule has 2 N–H and O–H groups in total. The molecule has 7 heteroatoms. The van der Waals surface area contributed by atoms with Crippen LogP contribution >= 0.6 is 31.9 Å². The van der Waals surface area contributed by atoms with Crippen molar-refractivity contribution in [2.24, 2.45) is 0 Å². The maximum Gasteiger partial charge on any atom is 0.261 e. The minimum Gasteiger partial charge on any atom is -0.396 e. The highest BCUT2D eigenvalue weighted by Crippen LogP contribution is 2.09. The molecular weight excluding hydrogens is 380 g/mol. The van der Waals surface area contributed by atoms with E-state index >= 15 is 0 Å². The first-order chi connectivity index (χ1) is 9.13. The smallest absolute Gasteiger partial charge is 0.261 e. The number of hydrogen-bond acceptors (Lipinski definition) is 4. The van der Waals surface area contributed by atoms with Crippen molar-refractivity contribution in [3.8, 4) is 0 Å². The predicted octanol–water partition coefficient (Wildman–Crippen LogP) is 1.37. The van der Waals surface area contributed by atoms with Gasteiger partial charge in [0.15, 0.2) is 0 Å². The Morgan fingerprint density at radius 2 is 1.95 bits per heavy atom. The summed E-state index contributed by atoms with van der Waals surface area (Å²) in [7, 11) is 0. The predicted molar refractivity (Wildman–Crippen MR) is 80.8 cm³/mol. The Kier molecular flexibility index (Phi) is 7.22. The average Bonchev–Trinajstić information content (AvgIpc) is 2.43. The zero-order chi connectivity index (χ0) is 14.3. The Morgan fingerprint density at radius 3 is 2.53 bits per heavy atom. The molecule has 5 nitrogen and oxygen atoms in total. The molecule has 0 spiro atoms. The van der Waals surface area contributed by atoms with Gasteiger partial charge in [0.1, 0.15) is 5.65 Å². The lowest BCUT2D eigenvalue weighted by Gasteiger charge is -2.02. The summed E-state index contributed by atoms with van der Waals surface area (Å²) in [6.45, 7) is 0.191. The molecule has 2 heterocycles. The van der Waals surface area contributed by atoms with Crippen LogP contribution in [0.5, 0.6) is 0 Å². The Bertz CT molecular complexity index is 585. The largest absolute Gasteiger partial charge is 0.396 e. The van der Waals surface area contributed by atoms with E-state index in [0.717, 1.165) is 4.47 Å². The highest BCUT2D eigenvalue weighted by atomic mass is 79.9. The third kappa shape index (κ3) is 4.68. The number of hydrogen-bond donors (Lipinski definition) is 2. The highest BCUT2D eigenvalue weighted by Gasteiger charge is 2.04.